The van der Waals surface area contributed by atoms with Crippen molar-refractivity contribution < 1.29 is 22.5 Å². The van der Waals surface area contributed by atoms with E-state index < -0.39 is 16.7 Å². The van der Waals surface area contributed by atoms with Gasteiger partial charge in [-0.1, -0.05) is 0 Å². The van der Waals surface area contributed by atoms with E-state index in [1.165, 1.54) is 13.2 Å². The molecule has 0 N–H and O–H groups in total. The Labute approximate surface area is 81.9 Å². The van der Waals surface area contributed by atoms with Gasteiger partial charge in [0, 0.05) is 12.1 Å². The molecule has 0 heterocycles. The van der Waals surface area contributed by atoms with Crippen molar-refractivity contribution in [2.24, 2.45) is 0 Å². The van der Waals surface area contributed by atoms with E-state index in [9.17, 15) is 17.7 Å². The van der Waals surface area contributed by atoms with Crippen molar-refractivity contribution in [3.63, 3.8) is 0 Å². The molecular weight excluding hydrogens is 217 g/mol. The van der Waals surface area contributed by atoms with Crippen LogP contribution in [-0.2, 0) is 11.2 Å². The predicted molar refractivity (Wildman–Crippen MR) is 44.3 cm³/mol. The van der Waals surface area contributed by atoms with Crippen molar-refractivity contribution in [2.75, 3.05) is 7.11 Å². The summed E-state index contributed by atoms with van der Waals surface area (Å²) in [4.78, 5) is -0.340. The topological polar surface area (TPSA) is 32.3 Å². The van der Waals surface area contributed by atoms with Gasteiger partial charge in [-0.3, -0.25) is 0 Å². The minimum Gasteiger partial charge on any atom is -0.604 e. The van der Waals surface area contributed by atoms with E-state index in [1.807, 2.05) is 0 Å². The Hall–Kier alpha value is -0.880. The standard InChI is InChI=1S/C8H6F3O2S/c1-13-6-3-2-4-7(5-6)14(12)8(9,10)11/h2,4-5H,1H3. The van der Waals surface area contributed by atoms with E-state index >= 15 is 0 Å². The molecule has 0 saturated heterocycles. The Bertz CT molecular complexity index is 314. The minimum atomic E-state index is -4.74. The van der Waals surface area contributed by atoms with E-state index in [-0.39, 0.29) is 10.6 Å². The highest BCUT2D eigenvalue weighted by Gasteiger charge is 2.46. The summed E-state index contributed by atoms with van der Waals surface area (Å²) >= 11 is -3.01. The Morgan fingerprint density at radius 1 is 1.50 bits per heavy atom. The van der Waals surface area contributed by atoms with Crippen molar-refractivity contribution in [3.8, 4) is 5.75 Å². The van der Waals surface area contributed by atoms with Gasteiger partial charge in [-0.2, -0.15) is 0 Å². The molecular formula is C8H6F3O2S. The summed E-state index contributed by atoms with van der Waals surface area (Å²) in [5.74, 6) is 0.125. The molecule has 1 atom stereocenters. The van der Waals surface area contributed by atoms with Crippen LogP contribution >= 0.6 is 0 Å². The SMILES string of the molecule is COc1[c]ccc([S+]([O-])C(F)(F)F)c1. The van der Waals surface area contributed by atoms with Gasteiger partial charge in [0.15, 0.2) is 4.90 Å². The van der Waals surface area contributed by atoms with Crippen LogP contribution in [0.25, 0.3) is 0 Å². The molecule has 0 spiro atoms. The van der Waals surface area contributed by atoms with Gasteiger partial charge in [0.1, 0.15) is 5.75 Å². The van der Waals surface area contributed by atoms with Gasteiger partial charge in [-0.15, -0.1) is 13.2 Å². The maximum absolute atomic E-state index is 12.0. The molecule has 77 valence electrons. The van der Waals surface area contributed by atoms with Gasteiger partial charge in [0.05, 0.1) is 18.3 Å². The van der Waals surface area contributed by atoms with Crippen LogP contribution in [0.15, 0.2) is 23.1 Å². The zero-order chi connectivity index (χ0) is 10.8. The molecule has 0 aromatic heterocycles. The lowest BCUT2D eigenvalue weighted by Gasteiger charge is -2.12. The third-order valence-electron chi connectivity index (χ3n) is 1.39. The Morgan fingerprint density at radius 2 is 2.14 bits per heavy atom. The number of alkyl halides is 3. The molecule has 0 aliphatic carbocycles. The highest BCUT2D eigenvalue weighted by atomic mass is 32.2. The molecule has 0 saturated carbocycles. The maximum Gasteiger partial charge on any atom is 0.578 e. The Balaban J connectivity index is 2.95. The first-order valence-corrected chi connectivity index (χ1v) is 4.64. The quantitative estimate of drug-likeness (QED) is 0.719. The summed E-state index contributed by atoms with van der Waals surface area (Å²) in [7, 11) is 1.30. The molecule has 1 aromatic rings. The zero-order valence-electron chi connectivity index (χ0n) is 7.09. The predicted octanol–water partition coefficient (Wildman–Crippen LogP) is 2.12. The number of benzene rings is 1. The lowest BCUT2D eigenvalue weighted by atomic mass is 10.3. The van der Waals surface area contributed by atoms with Crippen LogP contribution in [0.4, 0.5) is 13.2 Å². The van der Waals surface area contributed by atoms with Crippen LogP contribution in [-0.4, -0.2) is 17.2 Å². The van der Waals surface area contributed by atoms with Crippen molar-refractivity contribution in [3.05, 3.63) is 24.3 Å². The van der Waals surface area contributed by atoms with Crippen LogP contribution < -0.4 is 4.74 Å². The fraction of sp³-hybridized carbons (Fsp3) is 0.250. The van der Waals surface area contributed by atoms with E-state index in [4.69, 9.17) is 0 Å². The van der Waals surface area contributed by atoms with Crippen LogP contribution in [0.5, 0.6) is 5.75 Å². The summed E-state index contributed by atoms with van der Waals surface area (Å²) in [5.41, 5.74) is -4.74. The fourth-order valence-corrected chi connectivity index (χ4v) is 1.46. The van der Waals surface area contributed by atoms with E-state index in [2.05, 4.69) is 10.8 Å². The summed E-state index contributed by atoms with van der Waals surface area (Å²) in [6, 6.07) is 5.91. The second kappa shape index (κ2) is 4.10. The van der Waals surface area contributed by atoms with Crippen LogP contribution in [0.3, 0.4) is 0 Å². The second-order valence-corrected chi connectivity index (χ2v) is 3.78. The third kappa shape index (κ3) is 2.55. The number of methoxy groups -OCH3 is 1. The summed E-state index contributed by atoms with van der Waals surface area (Å²) in [6.07, 6.45) is 0. The molecule has 1 rings (SSSR count). The lowest BCUT2D eigenvalue weighted by molar-refractivity contribution is -0.0435. The molecule has 2 nitrogen and oxygen atoms in total. The monoisotopic (exact) mass is 223 g/mol. The van der Waals surface area contributed by atoms with Gasteiger partial charge >= 0.3 is 5.51 Å². The van der Waals surface area contributed by atoms with Crippen molar-refractivity contribution in [2.45, 2.75) is 10.4 Å². The molecule has 14 heavy (non-hydrogen) atoms. The van der Waals surface area contributed by atoms with Crippen LogP contribution in [0.1, 0.15) is 0 Å². The smallest absolute Gasteiger partial charge is 0.578 e. The number of rotatable bonds is 2. The van der Waals surface area contributed by atoms with E-state index in [0.717, 1.165) is 12.1 Å². The Kier molecular flexibility index (Phi) is 3.28. The maximum atomic E-state index is 12.0. The average molecular weight is 223 g/mol. The molecule has 0 aliphatic heterocycles. The zero-order valence-corrected chi connectivity index (χ0v) is 7.91. The molecule has 0 bridgehead atoms. The second-order valence-electron chi connectivity index (χ2n) is 2.31. The minimum absolute atomic E-state index is 0.125. The van der Waals surface area contributed by atoms with E-state index in [1.54, 1.807) is 0 Å². The summed E-state index contributed by atoms with van der Waals surface area (Å²) < 4.78 is 51.6. The van der Waals surface area contributed by atoms with Gasteiger partial charge in [-0.25, -0.2) is 0 Å². The Morgan fingerprint density at radius 3 is 2.64 bits per heavy atom. The van der Waals surface area contributed by atoms with Gasteiger partial charge in [0.25, 0.3) is 0 Å². The molecule has 1 radical (unpaired) electrons. The normalized spacial score (nSPS) is 13.8. The lowest BCUT2D eigenvalue weighted by Crippen LogP contribution is -2.23. The van der Waals surface area contributed by atoms with Crippen LogP contribution in [0, 0.1) is 6.07 Å². The van der Waals surface area contributed by atoms with Crippen molar-refractivity contribution >= 4 is 11.2 Å². The first-order chi connectivity index (χ1) is 6.45. The van der Waals surface area contributed by atoms with Crippen molar-refractivity contribution in [1.82, 2.24) is 0 Å². The summed E-state index contributed by atoms with van der Waals surface area (Å²) in [6.45, 7) is 0. The first-order valence-electron chi connectivity index (χ1n) is 3.49. The number of halogens is 3. The van der Waals surface area contributed by atoms with Crippen molar-refractivity contribution in [1.29, 1.82) is 0 Å². The highest BCUT2D eigenvalue weighted by Crippen LogP contribution is 2.31. The molecule has 1 aromatic carbocycles. The summed E-state index contributed by atoms with van der Waals surface area (Å²) in [5, 5.41) is 0. The van der Waals surface area contributed by atoms with Gasteiger partial charge in [0.2, 0.25) is 0 Å². The van der Waals surface area contributed by atoms with E-state index in [0.29, 0.717) is 0 Å². The molecule has 0 amide bonds. The number of hydrogen-bond donors (Lipinski definition) is 0. The molecule has 1 unspecified atom stereocenters. The fourth-order valence-electron chi connectivity index (χ4n) is 0.792. The third-order valence-corrected chi connectivity index (χ3v) is 2.49. The largest absolute Gasteiger partial charge is 0.604 e. The molecule has 0 fully saturated rings. The van der Waals surface area contributed by atoms with Gasteiger partial charge < -0.3 is 9.29 Å². The number of hydrogen-bond acceptors (Lipinski definition) is 2. The first kappa shape index (κ1) is 11.2. The molecule has 0 aliphatic rings. The highest BCUT2D eigenvalue weighted by molar-refractivity contribution is 7.92. The van der Waals surface area contributed by atoms with Crippen LogP contribution in [0.2, 0.25) is 0 Å². The average Bonchev–Trinajstić information content (AvgIpc) is 2.15. The molecule has 6 heteroatoms. The van der Waals surface area contributed by atoms with Gasteiger partial charge in [-0.05, 0) is 12.1 Å². The number of ether oxygens (including phenoxy) is 1.